The topological polar surface area (TPSA) is 199 Å². The molecule has 0 saturated heterocycles. The molecular formula is C25H26N6O6S. The zero-order chi connectivity index (χ0) is 27.3. The summed E-state index contributed by atoms with van der Waals surface area (Å²) in [5.41, 5.74) is 12.7. The number of carbonyl (C=O) groups excluding carboxylic acids is 1. The van der Waals surface area contributed by atoms with Crippen LogP contribution >= 0.6 is 0 Å². The first kappa shape index (κ1) is 26.6. The van der Waals surface area contributed by atoms with E-state index in [1.807, 2.05) is 0 Å². The second kappa shape index (κ2) is 11.3. The average molecular weight is 539 g/mol. The first-order chi connectivity index (χ1) is 18.1. The van der Waals surface area contributed by atoms with Crippen molar-refractivity contribution in [3.63, 3.8) is 0 Å². The molecule has 1 aliphatic rings. The van der Waals surface area contributed by atoms with E-state index in [9.17, 15) is 23.1 Å². The van der Waals surface area contributed by atoms with Crippen LogP contribution < -0.4 is 21.5 Å². The Kier molecular flexibility index (Phi) is 7.88. The summed E-state index contributed by atoms with van der Waals surface area (Å²) in [5, 5.41) is 17.2. The van der Waals surface area contributed by atoms with Crippen molar-refractivity contribution in [2.24, 2.45) is 21.6 Å². The lowest BCUT2D eigenvalue weighted by atomic mass is 10.0. The maximum Gasteiger partial charge on any atom is 0.323 e. The van der Waals surface area contributed by atoms with Crippen LogP contribution in [0, 0.1) is 0 Å². The Morgan fingerprint density at radius 3 is 2.50 bits per heavy atom. The van der Waals surface area contributed by atoms with Gasteiger partial charge in [-0.3, -0.25) is 9.59 Å². The first-order valence-corrected chi connectivity index (χ1v) is 13.0. The van der Waals surface area contributed by atoms with Gasteiger partial charge in [-0.1, -0.05) is 53.7 Å². The summed E-state index contributed by atoms with van der Waals surface area (Å²) < 4.78 is 28.1. The van der Waals surface area contributed by atoms with E-state index in [4.69, 9.17) is 16.3 Å². The highest BCUT2D eigenvalue weighted by Crippen LogP contribution is 2.23. The third-order valence-corrected chi connectivity index (χ3v) is 7.27. The van der Waals surface area contributed by atoms with Crippen LogP contribution in [-0.4, -0.2) is 55.8 Å². The van der Waals surface area contributed by atoms with Crippen LogP contribution in [0.1, 0.15) is 18.4 Å². The van der Waals surface area contributed by atoms with Gasteiger partial charge in [0.1, 0.15) is 12.1 Å². The Balaban J connectivity index is 1.32. The maximum atomic E-state index is 13.0. The summed E-state index contributed by atoms with van der Waals surface area (Å²) in [6.07, 6.45) is -0.301. The van der Waals surface area contributed by atoms with Crippen molar-refractivity contribution in [2.45, 2.75) is 29.9 Å². The smallest absolute Gasteiger partial charge is 0.323 e. The van der Waals surface area contributed by atoms with Crippen molar-refractivity contribution in [1.29, 1.82) is 0 Å². The number of benzene rings is 3. The minimum Gasteiger partial charge on any atom is -0.480 e. The van der Waals surface area contributed by atoms with Gasteiger partial charge >= 0.3 is 5.97 Å². The van der Waals surface area contributed by atoms with Crippen LogP contribution in [0.4, 0.5) is 5.69 Å². The molecule has 0 unspecified atom stereocenters. The molecule has 198 valence electrons. The van der Waals surface area contributed by atoms with Gasteiger partial charge in [0.05, 0.1) is 22.7 Å². The number of aliphatic carboxylic acids is 1. The third kappa shape index (κ3) is 6.44. The number of amides is 1. The summed E-state index contributed by atoms with van der Waals surface area (Å²) in [6.45, 7) is -0.454. The van der Waals surface area contributed by atoms with Gasteiger partial charge in [0.25, 0.3) is 0 Å². The standard InChI is InChI=1S/C25H26N6O6S/c26-25(27)29-17-10-8-16(9-11-17)20-12-18(37-30-20)13-23(32)28-14-21(24(33)34)31-38(35,36)22-7-3-5-15-4-1-2-6-19(15)22/h1-11,18,21,31H,12-14H2,(H,28,32)(H,33,34)(H4,26,27,29)/t18-,21-/m0/s1. The third-order valence-electron chi connectivity index (χ3n) is 5.74. The summed E-state index contributed by atoms with van der Waals surface area (Å²) >= 11 is 0. The number of nitrogens with one attached hydrogen (secondary N) is 2. The van der Waals surface area contributed by atoms with Crippen molar-refractivity contribution in [2.75, 3.05) is 6.54 Å². The maximum absolute atomic E-state index is 13.0. The summed E-state index contributed by atoms with van der Waals surface area (Å²) in [5.74, 6) is -2.00. The van der Waals surface area contributed by atoms with Crippen molar-refractivity contribution in [1.82, 2.24) is 10.0 Å². The summed E-state index contributed by atoms with van der Waals surface area (Å²) in [7, 11) is -4.20. The predicted octanol–water partition coefficient (Wildman–Crippen LogP) is 1.18. The fraction of sp³-hybridized carbons (Fsp3) is 0.200. The molecule has 7 N–H and O–H groups in total. The molecule has 1 heterocycles. The molecule has 0 fully saturated rings. The first-order valence-electron chi connectivity index (χ1n) is 11.5. The molecule has 2 atom stereocenters. The van der Waals surface area contributed by atoms with E-state index >= 15 is 0 Å². The number of carboxylic acids is 1. The molecule has 0 radical (unpaired) electrons. The number of hydrogen-bond acceptors (Lipinski definition) is 7. The van der Waals surface area contributed by atoms with E-state index in [2.05, 4.69) is 20.2 Å². The van der Waals surface area contributed by atoms with Gasteiger partial charge in [-0.2, -0.15) is 4.72 Å². The molecule has 13 heteroatoms. The number of hydrogen-bond donors (Lipinski definition) is 5. The van der Waals surface area contributed by atoms with E-state index in [1.165, 1.54) is 6.07 Å². The molecule has 1 amide bonds. The minimum absolute atomic E-state index is 0.0523. The molecule has 38 heavy (non-hydrogen) atoms. The van der Waals surface area contributed by atoms with Crippen LogP contribution in [0.25, 0.3) is 10.8 Å². The monoisotopic (exact) mass is 538 g/mol. The van der Waals surface area contributed by atoms with Crippen molar-refractivity contribution < 1.29 is 28.0 Å². The second-order valence-electron chi connectivity index (χ2n) is 8.55. The van der Waals surface area contributed by atoms with Gasteiger partial charge in [-0.25, -0.2) is 13.4 Å². The van der Waals surface area contributed by atoms with Gasteiger partial charge in [0, 0.05) is 18.4 Å². The number of sulfonamides is 1. The molecule has 0 aromatic heterocycles. The molecule has 0 spiro atoms. The van der Waals surface area contributed by atoms with Gasteiger partial charge in [0.2, 0.25) is 15.9 Å². The molecule has 3 aromatic rings. The van der Waals surface area contributed by atoms with E-state index < -0.39 is 40.6 Å². The van der Waals surface area contributed by atoms with Crippen LogP contribution in [0.3, 0.4) is 0 Å². The fourth-order valence-corrected chi connectivity index (χ4v) is 5.36. The van der Waals surface area contributed by atoms with Crippen LogP contribution in [0.2, 0.25) is 0 Å². The molecule has 1 aliphatic heterocycles. The number of oxime groups is 1. The highest BCUT2D eigenvalue weighted by molar-refractivity contribution is 7.89. The number of carbonyl (C=O) groups is 2. The van der Waals surface area contributed by atoms with Crippen molar-refractivity contribution >= 4 is 50.0 Å². The SMILES string of the molecule is NC(N)=Nc1ccc(C2=NO[C@H](CC(=O)NC[C@H](NS(=O)(=O)c3cccc4ccccc34)C(=O)O)C2)cc1. The molecule has 3 aromatic carbocycles. The molecule has 12 nitrogen and oxygen atoms in total. The minimum atomic E-state index is -4.20. The van der Waals surface area contributed by atoms with Crippen molar-refractivity contribution in [3.8, 4) is 0 Å². The molecular weight excluding hydrogens is 512 g/mol. The number of aliphatic imine (C=N–C) groups is 1. The van der Waals surface area contributed by atoms with Gasteiger partial charge < -0.3 is 26.7 Å². The number of guanidine groups is 1. The number of rotatable bonds is 10. The Morgan fingerprint density at radius 2 is 1.79 bits per heavy atom. The van der Waals surface area contributed by atoms with Gasteiger partial charge in [-0.15, -0.1) is 0 Å². The quantitative estimate of drug-likeness (QED) is 0.187. The van der Waals surface area contributed by atoms with Crippen LogP contribution in [0.15, 0.2) is 81.8 Å². The van der Waals surface area contributed by atoms with E-state index in [-0.39, 0.29) is 17.3 Å². The number of nitrogens with two attached hydrogens (primary N) is 2. The van der Waals surface area contributed by atoms with E-state index in [0.717, 1.165) is 5.56 Å². The van der Waals surface area contributed by atoms with E-state index in [0.29, 0.717) is 28.6 Å². The summed E-state index contributed by atoms with van der Waals surface area (Å²) in [4.78, 5) is 33.5. The molecule has 0 bridgehead atoms. The molecule has 0 aliphatic carbocycles. The normalized spacial score (nSPS) is 15.8. The zero-order valence-corrected chi connectivity index (χ0v) is 20.9. The zero-order valence-electron chi connectivity index (χ0n) is 20.1. The van der Waals surface area contributed by atoms with Crippen LogP contribution in [0.5, 0.6) is 0 Å². The second-order valence-corrected chi connectivity index (χ2v) is 10.2. The number of carboxylic acid groups (broad SMARTS) is 1. The Morgan fingerprint density at radius 1 is 1.08 bits per heavy atom. The largest absolute Gasteiger partial charge is 0.480 e. The number of nitrogens with zero attached hydrogens (tertiary/aromatic N) is 2. The number of fused-ring (bicyclic) bond motifs is 1. The highest BCUT2D eigenvalue weighted by Gasteiger charge is 2.29. The van der Waals surface area contributed by atoms with E-state index in [1.54, 1.807) is 60.7 Å². The lowest BCUT2D eigenvalue weighted by molar-refractivity contribution is -0.138. The average Bonchev–Trinajstić information content (AvgIpc) is 3.34. The fourth-order valence-electron chi connectivity index (χ4n) is 3.94. The van der Waals surface area contributed by atoms with Crippen molar-refractivity contribution in [3.05, 3.63) is 72.3 Å². The highest BCUT2D eigenvalue weighted by atomic mass is 32.2. The lowest BCUT2D eigenvalue weighted by Crippen LogP contribution is -2.48. The predicted molar refractivity (Wildman–Crippen MR) is 141 cm³/mol. The van der Waals surface area contributed by atoms with Gasteiger partial charge in [-0.05, 0) is 29.1 Å². The lowest BCUT2D eigenvalue weighted by Gasteiger charge is -2.17. The Bertz CT molecular complexity index is 1510. The van der Waals surface area contributed by atoms with Gasteiger partial charge in [0.15, 0.2) is 5.96 Å². The molecule has 4 rings (SSSR count). The Hall–Kier alpha value is -4.49. The molecule has 0 saturated carbocycles. The summed E-state index contributed by atoms with van der Waals surface area (Å²) in [6, 6.07) is 17.0. The van der Waals surface area contributed by atoms with Crippen LogP contribution in [-0.2, 0) is 24.4 Å². The Labute approximate surface area is 218 Å².